The van der Waals surface area contributed by atoms with Gasteiger partial charge >= 0.3 is 11.8 Å². The van der Waals surface area contributed by atoms with E-state index in [1.807, 2.05) is 9.80 Å². The smallest absolute Gasteiger partial charge is 0.312 e. The molecule has 0 aromatic carbocycles. The molecule has 2 saturated heterocycles. The van der Waals surface area contributed by atoms with Crippen LogP contribution >= 0.6 is 0 Å². The number of amides is 2. The molecule has 1 saturated carbocycles. The van der Waals surface area contributed by atoms with Crippen LogP contribution in [0.1, 0.15) is 38.5 Å². The van der Waals surface area contributed by atoms with Gasteiger partial charge in [0.1, 0.15) is 0 Å². The molecule has 126 valence electrons. The zero-order valence-corrected chi connectivity index (χ0v) is 13.7. The van der Waals surface area contributed by atoms with Crippen LogP contribution in [0.2, 0.25) is 0 Å². The van der Waals surface area contributed by atoms with Gasteiger partial charge in [0.25, 0.3) is 0 Å². The number of nitrogens with zero attached hydrogens (tertiary/aromatic N) is 2. The van der Waals surface area contributed by atoms with Gasteiger partial charge in [-0.1, -0.05) is 12.2 Å². The highest BCUT2D eigenvalue weighted by Gasteiger charge is 2.53. The van der Waals surface area contributed by atoms with Crippen LogP contribution in [0.15, 0.2) is 12.2 Å². The number of likely N-dealkylation sites (tertiary alicyclic amines) is 2. The van der Waals surface area contributed by atoms with Crippen LogP contribution in [0, 0.1) is 17.8 Å². The minimum atomic E-state index is -0.275. The molecule has 2 aliphatic heterocycles. The molecule has 0 bridgehead atoms. The van der Waals surface area contributed by atoms with E-state index in [1.54, 1.807) is 0 Å². The molecule has 2 aliphatic carbocycles. The van der Waals surface area contributed by atoms with Crippen LogP contribution in [0.3, 0.4) is 0 Å². The predicted molar refractivity (Wildman–Crippen MR) is 87.4 cm³/mol. The largest absolute Gasteiger partial charge is 0.334 e. The maximum atomic E-state index is 12.9. The molecule has 3 atom stereocenters. The van der Waals surface area contributed by atoms with Gasteiger partial charge in [-0.25, -0.2) is 0 Å². The van der Waals surface area contributed by atoms with Crippen LogP contribution in [0.25, 0.3) is 0 Å². The van der Waals surface area contributed by atoms with E-state index in [9.17, 15) is 9.59 Å². The Kier molecular flexibility index (Phi) is 3.71. The highest BCUT2D eigenvalue weighted by atomic mass is 16.2. The van der Waals surface area contributed by atoms with Gasteiger partial charge in [-0.05, 0) is 62.8 Å². The monoisotopic (exact) mass is 317 g/mol. The molecule has 2 amide bonds. The Morgan fingerprint density at radius 1 is 1.04 bits per heavy atom. The summed E-state index contributed by atoms with van der Waals surface area (Å²) in [7, 11) is 0. The third-order valence-corrected chi connectivity index (χ3v) is 6.64. The summed E-state index contributed by atoms with van der Waals surface area (Å²) in [6, 6.07) is 0. The summed E-state index contributed by atoms with van der Waals surface area (Å²) in [4.78, 5) is 29.4. The van der Waals surface area contributed by atoms with Crippen LogP contribution in [0.5, 0.6) is 0 Å². The quantitative estimate of drug-likeness (QED) is 0.582. The van der Waals surface area contributed by atoms with Gasteiger partial charge in [-0.3, -0.25) is 9.59 Å². The zero-order chi connectivity index (χ0) is 16.0. The van der Waals surface area contributed by atoms with E-state index in [2.05, 4.69) is 12.2 Å². The van der Waals surface area contributed by atoms with Gasteiger partial charge in [0.05, 0.1) is 0 Å². The Hall–Kier alpha value is -1.36. The molecular weight excluding hydrogens is 290 g/mol. The summed E-state index contributed by atoms with van der Waals surface area (Å²) in [6.07, 6.45) is 10.7. The summed E-state index contributed by atoms with van der Waals surface area (Å²) in [5, 5.41) is 0. The fourth-order valence-corrected chi connectivity index (χ4v) is 5.11. The fourth-order valence-electron chi connectivity index (χ4n) is 5.11. The second-order valence-electron chi connectivity index (χ2n) is 7.97. The molecule has 4 rings (SSSR count). The minimum absolute atomic E-state index is 0.0508. The molecule has 1 spiro atoms. The maximum Gasteiger partial charge on any atom is 0.312 e. The SMILES string of the molecule is NCC1CN(C(=O)C(=O)N2C[C@H]3CC=CC[C@H]3C2)C2(CCC2)C1. The van der Waals surface area contributed by atoms with Gasteiger partial charge < -0.3 is 15.5 Å². The number of hydrogen-bond donors (Lipinski definition) is 1. The van der Waals surface area contributed by atoms with Crippen molar-refractivity contribution >= 4 is 11.8 Å². The predicted octanol–water partition coefficient (Wildman–Crippen LogP) is 1.14. The highest BCUT2D eigenvalue weighted by molar-refractivity contribution is 6.35. The van der Waals surface area contributed by atoms with E-state index in [4.69, 9.17) is 5.73 Å². The second-order valence-corrected chi connectivity index (χ2v) is 7.97. The third kappa shape index (κ3) is 2.40. The average molecular weight is 317 g/mol. The summed E-state index contributed by atoms with van der Waals surface area (Å²) in [5.41, 5.74) is 5.78. The number of carbonyl (C=O) groups is 2. The molecule has 1 unspecified atom stereocenters. The third-order valence-electron chi connectivity index (χ3n) is 6.64. The van der Waals surface area contributed by atoms with Crippen molar-refractivity contribution in [2.24, 2.45) is 23.5 Å². The first-order chi connectivity index (χ1) is 11.1. The molecule has 5 nitrogen and oxygen atoms in total. The summed E-state index contributed by atoms with van der Waals surface area (Å²) < 4.78 is 0. The standard InChI is InChI=1S/C18H27N3O2/c19-9-13-8-18(6-3-7-18)21(10-13)17(23)16(22)20-11-14-4-1-2-5-15(14)12-20/h1-2,13-15H,3-12,19H2/t13?,14-,15+. The van der Waals surface area contributed by atoms with Gasteiger partial charge in [-0.15, -0.1) is 0 Å². The van der Waals surface area contributed by atoms with E-state index in [-0.39, 0.29) is 17.4 Å². The van der Waals surface area contributed by atoms with Gasteiger partial charge in [0.15, 0.2) is 0 Å². The topological polar surface area (TPSA) is 66.6 Å². The average Bonchev–Trinajstić information content (AvgIpc) is 3.14. The normalized spacial score (nSPS) is 34.6. The number of hydrogen-bond acceptors (Lipinski definition) is 3. The van der Waals surface area contributed by atoms with Crippen LogP contribution in [0.4, 0.5) is 0 Å². The first-order valence-electron chi connectivity index (χ1n) is 9.09. The Labute approximate surface area is 137 Å². The van der Waals surface area contributed by atoms with Crippen molar-refractivity contribution in [1.29, 1.82) is 0 Å². The highest BCUT2D eigenvalue weighted by Crippen LogP contribution is 2.47. The first kappa shape index (κ1) is 15.2. The van der Waals surface area contributed by atoms with Gasteiger partial charge in [-0.2, -0.15) is 0 Å². The Morgan fingerprint density at radius 2 is 1.70 bits per heavy atom. The molecule has 0 aromatic rings. The lowest BCUT2D eigenvalue weighted by Gasteiger charge is -2.45. The Bertz CT molecular complexity index is 524. The molecule has 3 fully saturated rings. The molecule has 23 heavy (non-hydrogen) atoms. The lowest BCUT2D eigenvalue weighted by Crippen LogP contribution is -2.56. The van der Waals surface area contributed by atoms with Crippen molar-refractivity contribution in [3.63, 3.8) is 0 Å². The molecule has 4 aliphatic rings. The maximum absolute atomic E-state index is 12.9. The summed E-state index contributed by atoms with van der Waals surface area (Å²) in [5.74, 6) is 0.905. The van der Waals surface area contributed by atoms with E-state index in [0.717, 1.165) is 51.6 Å². The molecule has 2 heterocycles. The van der Waals surface area contributed by atoms with Crippen molar-refractivity contribution in [3.05, 3.63) is 12.2 Å². The van der Waals surface area contributed by atoms with Crippen molar-refractivity contribution in [2.45, 2.75) is 44.1 Å². The molecule has 5 heteroatoms. The second kappa shape index (κ2) is 5.62. The van der Waals surface area contributed by atoms with Crippen molar-refractivity contribution in [2.75, 3.05) is 26.2 Å². The number of fused-ring (bicyclic) bond motifs is 1. The first-order valence-corrected chi connectivity index (χ1v) is 9.09. The zero-order valence-electron chi connectivity index (χ0n) is 13.7. The van der Waals surface area contributed by atoms with Crippen molar-refractivity contribution in [1.82, 2.24) is 9.80 Å². The van der Waals surface area contributed by atoms with Crippen LogP contribution < -0.4 is 5.73 Å². The van der Waals surface area contributed by atoms with Gasteiger partial charge in [0, 0.05) is 25.2 Å². The summed E-state index contributed by atoms with van der Waals surface area (Å²) >= 11 is 0. The van der Waals surface area contributed by atoms with E-state index in [0.29, 0.717) is 30.8 Å². The number of carbonyl (C=O) groups excluding carboxylic acids is 2. The minimum Gasteiger partial charge on any atom is -0.334 e. The molecule has 0 radical (unpaired) electrons. The lowest BCUT2D eigenvalue weighted by molar-refractivity contribution is -0.155. The fraction of sp³-hybridized carbons (Fsp3) is 0.778. The lowest BCUT2D eigenvalue weighted by atomic mass is 9.73. The van der Waals surface area contributed by atoms with Crippen LogP contribution in [-0.4, -0.2) is 53.3 Å². The number of allylic oxidation sites excluding steroid dienone is 2. The van der Waals surface area contributed by atoms with E-state index in [1.165, 1.54) is 0 Å². The Morgan fingerprint density at radius 3 is 2.22 bits per heavy atom. The van der Waals surface area contributed by atoms with Crippen LogP contribution in [-0.2, 0) is 9.59 Å². The van der Waals surface area contributed by atoms with Gasteiger partial charge in [0.2, 0.25) is 0 Å². The molecule has 0 aromatic heterocycles. The summed E-state index contributed by atoms with van der Waals surface area (Å²) in [6.45, 7) is 2.78. The van der Waals surface area contributed by atoms with E-state index < -0.39 is 0 Å². The Balaban J connectivity index is 1.45. The van der Waals surface area contributed by atoms with Crippen molar-refractivity contribution in [3.8, 4) is 0 Å². The van der Waals surface area contributed by atoms with Crippen molar-refractivity contribution < 1.29 is 9.59 Å². The number of rotatable bonds is 1. The molecule has 2 N–H and O–H groups in total. The number of nitrogens with two attached hydrogens (primary N) is 1. The van der Waals surface area contributed by atoms with E-state index >= 15 is 0 Å². The molecular formula is C18H27N3O2.